The van der Waals surface area contributed by atoms with E-state index in [9.17, 15) is 4.79 Å². The molecule has 6 heteroatoms. The maximum absolute atomic E-state index is 11.9. The van der Waals surface area contributed by atoms with Crippen molar-refractivity contribution in [2.75, 3.05) is 5.32 Å². The van der Waals surface area contributed by atoms with Gasteiger partial charge < -0.3 is 14.6 Å². The van der Waals surface area contributed by atoms with E-state index >= 15 is 0 Å². The summed E-state index contributed by atoms with van der Waals surface area (Å²) in [6, 6.07) is 8.49. The third kappa shape index (κ3) is 3.72. The summed E-state index contributed by atoms with van der Waals surface area (Å²) in [6.07, 6.45) is -0.671. The van der Waals surface area contributed by atoms with Crippen molar-refractivity contribution >= 4 is 23.3 Å². The Kier molecular flexibility index (Phi) is 4.06. The van der Waals surface area contributed by atoms with Gasteiger partial charge in [0.15, 0.2) is 11.9 Å². The highest BCUT2D eigenvalue weighted by molar-refractivity contribution is 6.30. The molecule has 0 spiro atoms. The molecule has 2 aromatic rings. The van der Waals surface area contributed by atoms with Crippen LogP contribution in [0.25, 0.3) is 0 Å². The van der Waals surface area contributed by atoms with Crippen LogP contribution in [-0.2, 0) is 4.79 Å². The van der Waals surface area contributed by atoms with Crippen molar-refractivity contribution in [2.24, 2.45) is 0 Å². The molecule has 1 aromatic carbocycles. The van der Waals surface area contributed by atoms with Crippen LogP contribution in [0.15, 0.2) is 34.9 Å². The zero-order valence-corrected chi connectivity index (χ0v) is 11.3. The third-order valence-corrected chi connectivity index (χ3v) is 2.59. The minimum absolute atomic E-state index is 0.312. The number of nitrogens with one attached hydrogen (secondary N) is 1. The highest BCUT2D eigenvalue weighted by atomic mass is 35.5. The lowest BCUT2D eigenvalue weighted by atomic mass is 10.3. The zero-order chi connectivity index (χ0) is 13.8. The molecule has 0 saturated heterocycles. The van der Waals surface area contributed by atoms with Crippen molar-refractivity contribution in [1.82, 2.24) is 5.16 Å². The van der Waals surface area contributed by atoms with Gasteiger partial charge in [0, 0.05) is 11.1 Å². The molecular weight excluding hydrogens is 268 g/mol. The molecule has 0 aliphatic rings. The zero-order valence-electron chi connectivity index (χ0n) is 10.5. The fourth-order valence-corrected chi connectivity index (χ4v) is 1.63. The van der Waals surface area contributed by atoms with E-state index in [-0.39, 0.29) is 5.91 Å². The van der Waals surface area contributed by atoms with Crippen molar-refractivity contribution in [2.45, 2.75) is 20.0 Å². The molecule has 1 atom stereocenters. The number of carbonyl (C=O) groups excluding carboxylic acids is 1. The van der Waals surface area contributed by atoms with E-state index in [1.54, 1.807) is 44.2 Å². The molecule has 1 aromatic heterocycles. The first-order valence-electron chi connectivity index (χ1n) is 5.71. The number of halogens is 1. The molecule has 0 bridgehead atoms. The molecule has 2 rings (SSSR count). The number of ether oxygens (including phenoxy) is 1. The molecule has 0 saturated carbocycles. The van der Waals surface area contributed by atoms with E-state index in [0.29, 0.717) is 22.4 Å². The monoisotopic (exact) mass is 280 g/mol. The van der Waals surface area contributed by atoms with E-state index in [4.69, 9.17) is 20.9 Å². The fraction of sp³-hybridized carbons (Fsp3) is 0.231. The lowest BCUT2D eigenvalue weighted by Gasteiger charge is -2.13. The smallest absolute Gasteiger partial charge is 0.266 e. The predicted molar refractivity (Wildman–Crippen MR) is 71.4 cm³/mol. The highest BCUT2D eigenvalue weighted by Gasteiger charge is 2.16. The summed E-state index contributed by atoms with van der Waals surface area (Å²) < 4.78 is 10.3. The topological polar surface area (TPSA) is 64.4 Å². The second kappa shape index (κ2) is 5.75. The van der Waals surface area contributed by atoms with Gasteiger partial charge in [-0.3, -0.25) is 4.79 Å². The Labute approximate surface area is 115 Å². The summed E-state index contributed by atoms with van der Waals surface area (Å²) >= 11 is 5.84. The van der Waals surface area contributed by atoms with Gasteiger partial charge in [-0.15, -0.1) is 0 Å². The van der Waals surface area contributed by atoms with E-state index < -0.39 is 6.10 Å². The molecule has 100 valence electrons. The standard InChI is InChI=1S/C13H13ClN2O3/c1-8-6-12(16-19-8)15-13(17)9(2)18-11-5-3-4-10(14)7-11/h3-7,9H,1-2H3,(H,15,16,17)/t9-/m0/s1. The number of anilines is 1. The van der Waals surface area contributed by atoms with Gasteiger partial charge in [-0.2, -0.15) is 0 Å². The molecule has 0 aliphatic carbocycles. The Morgan fingerprint density at radius 1 is 1.47 bits per heavy atom. The summed E-state index contributed by atoms with van der Waals surface area (Å²) in [7, 11) is 0. The second-order valence-corrected chi connectivity index (χ2v) is 4.47. The van der Waals surface area contributed by atoms with Gasteiger partial charge >= 0.3 is 0 Å². The lowest BCUT2D eigenvalue weighted by Crippen LogP contribution is -2.30. The number of aryl methyl sites for hydroxylation is 1. The Morgan fingerprint density at radius 2 is 2.26 bits per heavy atom. The largest absolute Gasteiger partial charge is 0.481 e. The SMILES string of the molecule is Cc1cc(NC(=O)[C@H](C)Oc2cccc(Cl)c2)no1. The van der Waals surface area contributed by atoms with Crippen LogP contribution < -0.4 is 10.1 Å². The Bertz CT molecular complexity index is 583. The summed E-state index contributed by atoms with van der Waals surface area (Å²) in [5, 5.41) is 6.82. The number of carbonyl (C=O) groups is 1. The number of hydrogen-bond donors (Lipinski definition) is 1. The lowest BCUT2D eigenvalue weighted by molar-refractivity contribution is -0.122. The van der Waals surface area contributed by atoms with E-state index in [2.05, 4.69) is 10.5 Å². The van der Waals surface area contributed by atoms with E-state index in [1.165, 1.54) is 0 Å². The van der Waals surface area contributed by atoms with Crippen molar-refractivity contribution in [3.63, 3.8) is 0 Å². The fourth-order valence-electron chi connectivity index (χ4n) is 1.45. The van der Waals surface area contributed by atoms with Crippen LogP contribution >= 0.6 is 11.6 Å². The summed E-state index contributed by atoms with van der Waals surface area (Å²) in [6.45, 7) is 3.39. The van der Waals surface area contributed by atoms with Gasteiger partial charge in [-0.1, -0.05) is 22.8 Å². The van der Waals surface area contributed by atoms with Gasteiger partial charge in [-0.05, 0) is 32.0 Å². The molecule has 0 aliphatic heterocycles. The molecule has 0 radical (unpaired) electrons. The quantitative estimate of drug-likeness (QED) is 0.935. The molecule has 0 unspecified atom stereocenters. The number of amides is 1. The molecule has 1 amide bonds. The van der Waals surface area contributed by atoms with Crippen molar-refractivity contribution in [3.8, 4) is 5.75 Å². The maximum atomic E-state index is 11.9. The van der Waals surface area contributed by atoms with Crippen molar-refractivity contribution in [1.29, 1.82) is 0 Å². The van der Waals surface area contributed by atoms with Crippen molar-refractivity contribution < 1.29 is 14.1 Å². The highest BCUT2D eigenvalue weighted by Crippen LogP contribution is 2.18. The van der Waals surface area contributed by atoms with E-state index in [1.807, 2.05) is 0 Å². The average Bonchev–Trinajstić information content (AvgIpc) is 2.74. The molecule has 1 N–H and O–H groups in total. The van der Waals surface area contributed by atoms with Crippen LogP contribution in [0.5, 0.6) is 5.75 Å². The maximum Gasteiger partial charge on any atom is 0.266 e. The molecule has 0 fully saturated rings. The van der Waals surface area contributed by atoms with Crippen LogP contribution in [0.3, 0.4) is 0 Å². The number of aromatic nitrogens is 1. The van der Waals surface area contributed by atoms with Gasteiger partial charge in [-0.25, -0.2) is 0 Å². The predicted octanol–water partition coefficient (Wildman–Crippen LogP) is 3.04. The first-order chi connectivity index (χ1) is 9.04. The van der Waals surface area contributed by atoms with Crippen LogP contribution in [0.2, 0.25) is 5.02 Å². The van der Waals surface area contributed by atoms with Crippen LogP contribution in [0.4, 0.5) is 5.82 Å². The second-order valence-electron chi connectivity index (χ2n) is 4.03. The molecule has 1 heterocycles. The van der Waals surface area contributed by atoms with Crippen molar-refractivity contribution in [3.05, 3.63) is 41.1 Å². The molecular formula is C13H13ClN2O3. The summed E-state index contributed by atoms with van der Waals surface area (Å²) in [5.41, 5.74) is 0. The summed E-state index contributed by atoms with van der Waals surface area (Å²) in [4.78, 5) is 11.9. The van der Waals surface area contributed by atoms with E-state index in [0.717, 1.165) is 0 Å². The minimum atomic E-state index is -0.671. The number of hydrogen-bond acceptors (Lipinski definition) is 4. The first-order valence-corrected chi connectivity index (χ1v) is 6.09. The number of nitrogens with zero attached hydrogens (tertiary/aromatic N) is 1. The van der Waals surface area contributed by atoms with Crippen LogP contribution in [0, 0.1) is 6.92 Å². The summed E-state index contributed by atoms with van der Waals surface area (Å²) in [5.74, 6) is 1.21. The van der Waals surface area contributed by atoms with Gasteiger partial charge in [0.05, 0.1) is 0 Å². The number of rotatable bonds is 4. The molecule has 19 heavy (non-hydrogen) atoms. The van der Waals surface area contributed by atoms with Crippen LogP contribution in [0.1, 0.15) is 12.7 Å². The minimum Gasteiger partial charge on any atom is -0.481 e. The normalized spacial score (nSPS) is 11.9. The third-order valence-electron chi connectivity index (χ3n) is 2.36. The first kappa shape index (κ1) is 13.4. The van der Waals surface area contributed by atoms with Gasteiger partial charge in [0.2, 0.25) is 0 Å². The van der Waals surface area contributed by atoms with Gasteiger partial charge in [0.1, 0.15) is 11.5 Å². The molecule has 5 nitrogen and oxygen atoms in total. The Morgan fingerprint density at radius 3 is 2.89 bits per heavy atom. The Balaban J connectivity index is 1.96. The van der Waals surface area contributed by atoms with Crippen LogP contribution in [-0.4, -0.2) is 17.2 Å². The Hall–Kier alpha value is -2.01. The number of benzene rings is 1. The van der Waals surface area contributed by atoms with Gasteiger partial charge in [0.25, 0.3) is 5.91 Å². The average molecular weight is 281 g/mol.